The van der Waals surface area contributed by atoms with E-state index in [4.69, 9.17) is 5.73 Å². The Morgan fingerprint density at radius 2 is 1.55 bits per heavy atom. The van der Waals surface area contributed by atoms with Crippen molar-refractivity contribution in [3.8, 4) is 0 Å². The molecule has 4 heteroatoms. The maximum Gasteiger partial charge on any atom is 0.234 e. The van der Waals surface area contributed by atoms with E-state index in [2.05, 4.69) is 5.32 Å². The number of nitrogens with two attached hydrogens (primary N) is 1. The first-order valence-corrected chi connectivity index (χ1v) is 7.33. The van der Waals surface area contributed by atoms with Crippen molar-refractivity contribution >= 4 is 11.7 Å². The Balaban J connectivity index is 2.04. The molecule has 0 saturated carbocycles. The van der Waals surface area contributed by atoms with Crippen LogP contribution in [0.25, 0.3) is 0 Å². The summed E-state index contributed by atoms with van der Waals surface area (Å²) in [6, 6.07) is 18.6. The molecule has 1 amide bonds. The minimum absolute atomic E-state index is 0.0596. The first-order chi connectivity index (χ1) is 10.7. The van der Waals surface area contributed by atoms with Crippen LogP contribution in [0, 0.1) is 0 Å². The summed E-state index contributed by atoms with van der Waals surface area (Å²) in [7, 11) is 0. The number of carbonyl (C=O) groups excluding carboxylic acids is 2. The van der Waals surface area contributed by atoms with Crippen molar-refractivity contribution in [3.63, 3.8) is 0 Å². The summed E-state index contributed by atoms with van der Waals surface area (Å²) in [6.45, 7) is -0.0596. The molecule has 0 heterocycles. The minimum Gasteiger partial charge on any atom is -0.348 e. The molecule has 2 rings (SSSR count). The Labute approximate surface area is 130 Å². The van der Waals surface area contributed by atoms with E-state index < -0.39 is 0 Å². The third kappa shape index (κ3) is 4.53. The van der Waals surface area contributed by atoms with Gasteiger partial charge < -0.3 is 11.1 Å². The Morgan fingerprint density at radius 3 is 2.14 bits per heavy atom. The molecule has 3 N–H and O–H groups in total. The molecule has 0 aliphatic heterocycles. The zero-order valence-corrected chi connectivity index (χ0v) is 12.4. The fourth-order valence-electron chi connectivity index (χ4n) is 2.30. The van der Waals surface area contributed by atoms with Crippen LogP contribution in [-0.4, -0.2) is 18.2 Å². The van der Waals surface area contributed by atoms with E-state index in [9.17, 15) is 9.59 Å². The van der Waals surface area contributed by atoms with Crippen molar-refractivity contribution in [3.05, 3.63) is 71.8 Å². The molecule has 0 bridgehead atoms. The molecular formula is C18H20N2O2. The van der Waals surface area contributed by atoms with E-state index in [0.717, 1.165) is 5.56 Å². The molecule has 0 spiro atoms. The lowest BCUT2D eigenvalue weighted by molar-refractivity contribution is -0.120. The van der Waals surface area contributed by atoms with Crippen molar-refractivity contribution in [2.45, 2.75) is 18.9 Å². The molecule has 0 saturated heterocycles. The van der Waals surface area contributed by atoms with E-state index in [1.54, 1.807) is 12.1 Å². The van der Waals surface area contributed by atoms with Gasteiger partial charge in [-0.05, 0) is 12.0 Å². The summed E-state index contributed by atoms with van der Waals surface area (Å²) < 4.78 is 0. The zero-order valence-electron chi connectivity index (χ0n) is 12.4. The zero-order chi connectivity index (χ0) is 15.8. The molecule has 1 atom stereocenters. The predicted molar refractivity (Wildman–Crippen MR) is 86.4 cm³/mol. The molecule has 0 aromatic heterocycles. The van der Waals surface area contributed by atoms with Crippen molar-refractivity contribution in [1.29, 1.82) is 0 Å². The quantitative estimate of drug-likeness (QED) is 0.771. The predicted octanol–water partition coefficient (Wildman–Crippen LogP) is 2.47. The average molecular weight is 296 g/mol. The molecule has 22 heavy (non-hydrogen) atoms. The average Bonchev–Trinajstić information content (AvgIpc) is 2.59. The molecule has 2 aromatic rings. The van der Waals surface area contributed by atoms with E-state index in [1.807, 2.05) is 48.5 Å². The first-order valence-electron chi connectivity index (χ1n) is 7.33. The van der Waals surface area contributed by atoms with E-state index in [-0.39, 0.29) is 24.3 Å². The Kier molecular flexibility index (Phi) is 5.86. The van der Waals surface area contributed by atoms with E-state index in [0.29, 0.717) is 18.4 Å². The number of carbonyl (C=O) groups is 2. The summed E-state index contributed by atoms with van der Waals surface area (Å²) >= 11 is 0. The smallest absolute Gasteiger partial charge is 0.234 e. The van der Waals surface area contributed by atoms with Crippen molar-refractivity contribution in [1.82, 2.24) is 5.32 Å². The molecule has 0 unspecified atom stereocenters. The Morgan fingerprint density at radius 1 is 0.955 bits per heavy atom. The standard InChI is InChI=1S/C18H20N2O2/c19-13-18(22)20-16(14-7-3-1-4-8-14)11-12-17(21)15-9-5-2-6-10-15/h1-10,16H,11-13,19H2,(H,20,22)/t16-/m1/s1. The van der Waals surface area contributed by atoms with Crippen LogP contribution in [0.4, 0.5) is 0 Å². The Bertz CT molecular complexity index is 611. The number of amides is 1. The Hall–Kier alpha value is -2.46. The van der Waals surface area contributed by atoms with Crippen LogP contribution in [-0.2, 0) is 4.79 Å². The number of hydrogen-bond donors (Lipinski definition) is 2. The van der Waals surface area contributed by atoms with E-state index >= 15 is 0 Å². The van der Waals surface area contributed by atoms with Crippen LogP contribution in [0.5, 0.6) is 0 Å². The van der Waals surface area contributed by atoms with Gasteiger partial charge in [0.05, 0.1) is 12.6 Å². The summed E-state index contributed by atoms with van der Waals surface area (Å²) in [5.41, 5.74) is 7.04. The molecular weight excluding hydrogens is 276 g/mol. The van der Waals surface area contributed by atoms with Gasteiger partial charge in [0.15, 0.2) is 5.78 Å². The SMILES string of the molecule is NCC(=O)N[C@H](CCC(=O)c1ccccc1)c1ccccc1. The van der Waals surface area contributed by atoms with Crippen LogP contribution in [0.3, 0.4) is 0 Å². The molecule has 2 aromatic carbocycles. The fourth-order valence-corrected chi connectivity index (χ4v) is 2.30. The van der Waals surface area contributed by atoms with Gasteiger partial charge in [0.2, 0.25) is 5.91 Å². The lowest BCUT2D eigenvalue weighted by atomic mass is 9.98. The summed E-state index contributed by atoms with van der Waals surface area (Å²) in [5.74, 6) is -0.149. The van der Waals surface area contributed by atoms with Crippen LogP contribution in [0.15, 0.2) is 60.7 Å². The van der Waals surface area contributed by atoms with Gasteiger partial charge in [-0.2, -0.15) is 0 Å². The molecule has 4 nitrogen and oxygen atoms in total. The summed E-state index contributed by atoms with van der Waals surface area (Å²) in [5, 5.41) is 2.87. The van der Waals surface area contributed by atoms with Gasteiger partial charge in [0, 0.05) is 12.0 Å². The van der Waals surface area contributed by atoms with Gasteiger partial charge in [-0.25, -0.2) is 0 Å². The lowest BCUT2D eigenvalue weighted by Gasteiger charge is -2.18. The molecule has 0 aliphatic rings. The monoisotopic (exact) mass is 296 g/mol. The van der Waals surface area contributed by atoms with Crippen LogP contribution in [0.2, 0.25) is 0 Å². The number of ketones is 1. The molecule has 0 aliphatic carbocycles. The van der Waals surface area contributed by atoms with Gasteiger partial charge >= 0.3 is 0 Å². The van der Waals surface area contributed by atoms with Gasteiger partial charge in [0.25, 0.3) is 0 Å². The second-order valence-electron chi connectivity index (χ2n) is 5.06. The number of hydrogen-bond acceptors (Lipinski definition) is 3. The number of benzene rings is 2. The topological polar surface area (TPSA) is 72.2 Å². The minimum atomic E-state index is -0.221. The molecule has 0 fully saturated rings. The fraction of sp³-hybridized carbons (Fsp3) is 0.222. The van der Waals surface area contributed by atoms with Gasteiger partial charge in [0.1, 0.15) is 0 Å². The summed E-state index contributed by atoms with van der Waals surface area (Å²) in [4.78, 5) is 23.8. The molecule has 0 radical (unpaired) electrons. The summed E-state index contributed by atoms with van der Waals surface area (Å²) in [6.07, 6.45) is 0.915. The second kappa shape index (κ2) is 8.10. The molecule has 114 valence electrons. The van der Waals surface area contributed by atoms with Crippen molar-refractivity contribution in [2.24, 2.45) is 5.73 Å². The maximum absolute atomic E-state index is 12.2. The van der Waals surface area contributed by atoms with Gasteiger partial charge in [-0.15, -0.1) is 0 Å². The third-order valence-electron chi connectivity index (χ3n) is 3.48. The largest absolute Gasteiger partial charge is 0.348 e. The van der Waals surface area contributed by atoms with Crippen molar-refractivity contribution < 1.29 is 9.59 Å². The first kappa shape index (κ1) is 15.9. The second-order valence-corrected chi connectivity index (χ2v) is 5.06. The lowest BCUT2D eigenvalue weighted by Crippen LogP contribution is -2.34. The number of rotatable bonds is 7. The highest BCUT2D eigenvalue weighted by molar-refractivity contribution is 5.96. The van der Waals surface area contributed by atoms with Gasteiger partial charge in [-0.3, -0.25) is 9.59 Å². The number of Topliss-reactive ketones (excluding diaryl/α,β-unsaturated/α-hetero) is 1. The highest BCUT2D eigenvalue weighted by atomic mass is 16.2. The van der Waals surface area contributed by atoms with E-state index in [1.165, 1.54) is 0 Å². The highest BCUT2D eigenvalue weighted by Gasteiger charge is 2.16. The van der Waals surface area contributed by atoms with Gasteiger partial charge in [-0.1, -0.05) is 60.7 Å². The van der Waals surface area contributed by atoms with Crippen molar-refractivity contribution in [2.75, 3.05) is 6.54 Å². The normalized spacial score (nSPS) is 11.7. The van der Waals surface area contributed by atoms with Crippen LogP contribution >= 0.6 is 0 Å². The van der Waals surface area contributed by atoms with Crippen LogP contribution < -0.4 is 11.1 Å². The maximum atomic E-state index is 12.2. The number of nitrogens with one attached hydrogen (secondary N) is 1. The third-order valence-corrected chi connectivity index (χ3v) is 3.48. The van der Waals surface area contributed by atoms with Crippen LogP contribution in [0.1, 0.15) is 34.8 Å². The highest BCUT2D eigenvalue weighted by Crippen LogP contribution is 2.19.